The third kappa shape index (κ3) is 2.82. The zero-order chi connectivity index (χ0) is 18.3. The molecule has 130 valence electrons. The number of amides is 1. The Bertz CT molecular complexity index is 1220. The molecule has 0 fully saturated rings. The zero-order valence-corrected chi connectivity index (χ0v) is 14.7. The number of benzene rings is 3. The highest BCUT2D eigenvalue weighted by Gasteiger charge is 2.13. The van der Waals surface area contributed by atoms with Gasteiger partial charge >= 0.3 is 0 Å². The summed E-state index contributed by atoms with van der Waals surface area (Å²) in [6, 6.07) is 15.2. The Morgan fingerprint density at radius 1 is 1.08 bits per heavy atom. The number of carbonyl (C=O) groups is 1. The van der Waals surface area contributed by atoms with Crippen LogP contribution in [0.4, 0.5) is 8.78 Å². The van der Waals surface area contributed by atoms with Crippen molar-refractivity contribution in [1.82, 2.24) is 4.57 Å². The standard InChI is InChI=1S/C20H14F2N2OS/c1-2-24-18-16(22)10-15(21)11-17(18)26-20(24)23-19(25)14-8-7-12-5-3-4-6-13(12)9-14/h3-11H,2H2,1H3. The minimum atomic E-state index is -0.655. The van der Waals surface area contributed by atoms with Gasteiger partial charge in [0.25, 0.3) is 5.91 Å². The van der Waals surface area contributed by atoms with Gasteiger partial charge < -0.3 is 4.57 Å². The second-order valence-electron chi connectivity index (χ2n) is 5.84. The molecule has 0 spiro atoms. The van der Waals surface area contributed by atoms with E-state index in [1.807, 2.05) is 37.3 Å². The van der Waals surface area contributed by atoms with Gasteiger partial charge in [-0.05, 0) is 35.9 Å². The third-order valence-electron chi connectivity index (χ3n) is 4.21. The molecule has 1 heterocycles. The molecular weight excluding hydrogens is 354 g/mol. The molecule has 0 N–H and O–H groups in total. The molecule has 3 aromatic carbocycles. The van der Waals surface area contributed by atoms with Crippen LogP contribution in [0.25, 0.3) is 21.0 Å². The number of thiazole rings is 1. The molecule has 26 heavy (non-hydrogen) atoms. The van der Waals surface area contributed by atoms with Gasteiger partial charge in [-0.25, -0.2) is 8.78 Å². The fourth-order valence-electron chi connectivity index (χ4n) is 2.98. The lowest BCUT2D eigenvalue weighted by Crippen LogP contribution is -2.16. The topological polar surface area (TPSA) is 34.4 Å². The Morgan fingerprint density at radius 2 is 1.85 bits per heavy atom. The average molecular weight is 368 g/mol. The summed E-state index contributed by atoms with van der Waals surface area (Å²) in [5, 5.41) is 1.98. The molecule has 0 bridgehead atoms. The second kappa shape index (κ2) is 6.46. The van der Waals surface area contributed by atoms with Crippen molar-refractivity contribution in [2.75, 3.05) is 0 Å². The number of aryl methyl sites for hydroxylation is 1. The van der Waals surface area contributed by atoms with E-state index in [9.17, 15) is 13.6 Å². The number of hydrogen-bond donors (Lipinski definition) is 0. The highest BCUT2D eigenvalue weighted by molar-refractivity contribution is 7.16. The maximum absolute atomic E-state index is 14.2. The number of rotatable bonds is 2. The van der Waals surface area contributed by atoms with Gasteiger partial charge in [-0.15, -0.1) is 0 Å². The van der Waals surface area contributed by atoms with Crippen molar-refractivity contribution in [2.24, 2.45) is 4.99 Å². The molecule has 0 saturated heterocycles. The van der Waals surface area contributed by atoms with E-state index >= 15 is 0 Å². The Morgan fingerprint density at radius 3 is 2.62 bits per heavy atom. The van der Waals surface area contributed by atoms with Crippen molar-refractivity contribution in [1.29, 1.82) is 0 Å². The van der Waals surface area contributed by atoms with Crippen molar-refractivity contribution in [3.63, 3.8) is 0 Å². The Labute approximate surface area is 151 Å². The monoisotopic (exact) mass is 368 g/mol. The van der Waals surface area contributed by atoms with Crippen LogP contribution in [0.1, 0.15) is 17.3 Å². The molecular formula is C20H14F2N2OS. The summed E-state index contributed by atoms with van der Waals surface area (Å²) in [5.41, 5.74) is 0.722. The maximum Gasteiger partial charge on any atom is 0.279 e. The summed E-state index contributed by atoms with van der Waals surface area (Å²) in [6.45, 7) is 2.25. The first-order valence-corrected chi connectivity index (χ1v) is 8.94. The fraction of sp³-hybridized carbons (Fsp3) is 0.100. The highest BCUT2D eigenvalue weighted by atomic mass is 32.1. The van der Waals surface area contributed by atoms with E-state index < -0.39 is 17.5 Å². The van der Waals surface area contributed by atoms with Crippen LogP contribution in [0.5, 0.6) is 0 Å². The Hall–Kier alpha value is -2.86. The van der Waals surface area contributed by atoms with Crippen LogP contribution in [-0.2, 0) is 6.54 Å². The van der Waals surface area contributed by atoms with Gasteiger partial charge in [0.2, 0.25) is 0 Å². The van der Waals surface area contributed by atoms with Crippen LogP contribution < -0.4 is 4.80 Å². The summed E-state index contributed by atoms with van der Waals surface area (Å²) in [7, 11) is 0. The Kier molecular flexibility index (Phi) is 4.12. The molecule has 4 rings (SSSR count). The zero-order valence-electron chi connectivity index (χ0n) is 13.9. The van der Waals surface area contributed by atoms with E-state index in [-0.39, 0.29) is 5.52 Å². The minimum absolute atomic E-state index is 0.268. The molecule has 1 aromatic heterocycles. The molecule has 4 aromatic rings. The van der Waals surface area contributed by atoms with Gasteiger partial charge in [-0.2, -0.15) is 4.99 Å². The number of aromatic nitrogens is 1. The van der Waals surface area contributed by atoms with Crippen molar-refractivity contribution >= 4 is 38.2 Å². The molecule has 0 aliphatic heterocycles. The van der Waals surface area contributed by atoms with E-state index in [4.69, 9.17) is 0 Å². The van der Waals surface area contributed by atoms with Crippen LogP contribution in [0.3, 0.4) is 0 Å². The van der Waals surface area contributed by atoms with Gasteiger partial charge in [0.1, 0.15) is 5.82 Å². The van der Waals surface area contributed by atoms with Crippen LogP contribution >= 0.6 is 11.3 Å². The first-order chi connectivity index (χ1) is 12.6. The quantitative estimate of drug-likeness (QED) is 0.496. The number of fused-ring (bicyclic) bond motifs is 2. The molecule has 0 radical (unpaired) electrons. The average Bonchev–Trinajstić information content (AvgIpc) is 2.98. The van der Waals surface area contributed by atoms with E-state index in [1.165, 1.54) is 6.07 Å². The van der Waals surface area contributed by atoms with Gasteiger partial charge in [0, 0.05) is 18.2 Å². The smallest absolute Gasteiger partial charge is 0.279 e. The number of halogens is 2. The third-order valence-corrected chi connectivity index (χ3v) is 5.23. The molecule has 0 atom stereocenters. The first-order valence-electron chi connectivity index (χ1n) is 8.13. The van der Waals surface area contributed by atoms with Crippen LogP contribution in [-0.4, -0.2) is 10.5 Å². The van der Waals surface area contributed by atoms with Gasteiger partial charge in [-0.1, -0.05) is 41.7 Å². The van der Waals surface area contributed by atoms with E-state index in [0.717, 1.165) is 28.2 Å². The first kappa shape index (κ1) is 16.6. The predicted molar refractivity (Wildman–Crippen MR) is 99.2 cm³/mol. The number of carbonyl (C=O) groups excluding carboxylic acids is 1. The SMILES string of the molecule is CCn1c(=NC(=O)c2ccc3ccccc3c2)sc2cc(F)cc(F)c21. The lowest BCUT2D eigenvalue weighted by atomic mass is 10.1. The Balaban J connectivity index is 1.86. The normalized spacial score (nSPS) is 12.2. The largest absolute Gasteiger partial charge is 0.314 e. The summed E-state index contributed by atoms with van der Waals surface area (Å²) in [6.07, 6.45) is 0. The van der Waals surface area contributed by atoms with Gasteiger partial charge in [0.05, 0.1) is 10.2 Å². The fourth-order valence-corrected chi connectivity index (χ4v) is 4.11. The molecule has 0 aliphatic carbocycles. The predicted octanol–water partition coefficient (Wildman–Crippen LogP) is 4.90. The van der Waals surface area contributed by atoms with Crippen LogP contribution in [0.15, 0.2) is 59.6 Å². The second-order valence-corrected chi connectivity index (χ2v) is 6.85. The van der Waals surface area contributed by atoms with Crippen LogP contribution in [0, 0.1) is 11.6 Å². The van der Waals surface area contributed by atoms with Crippen molar-refractivity contribution < 1.29 is 13.6 Å². The molecule has 0 aliphatic rings. The number of nitrogens with zero attached hydrogens (tertiary/aromatic N) is 2. The molecule has 0 unspecified atom stereocenters. The summed E-state index contributed by atoms with van der Waals surface area (Å²) in [4.78, 5) is 17.1. The lowest BCUT2D eigenvalue weighted by Gasteiger charge is -2.02. The van der Waals surface area contributed by atoms with E-state index in [0.29, 0.717) is 21.6 Å². The maximum atomic E-state index is 14.2. The summed E-state index contributed by atoms with van der Waals surface area (Å²) < 4.78 is 29.7. The summed E-state index contributed by atoms with van der Waals surface area (Å²) in [5.74, 6) is -1.71. The van der Waals surface area contributed by atoms with Gasteiger partial charge in [-0.3, -0.25) is 4.79 Å². The van der Waals surface area contributed by atoms with E-state index in [1.54, 1.807) is 16.7 Å². The highest BCUT2D eigenvalue weighted by Crippen LogP contribution is 2.22. The summed E-state index contributed by atoms with van der Waals surface area (Å²) >= 11 is 1.10. The lowest BCUT2D eigenvalue weighted by molar-refractivity contribution is 0.0998. The minimum Gasteiger partial charge on any atom is -0.314 e. The van der Waals surface area contributed by atoms with Gasteiger partial charge in [0.15, 0.2) is 10.6 Å². The molecule has 1 amide bonds. The van der Waals surface area contributed by atoms with E-state index in [2.05, 4.69) is 4.99 Å². The van der Waals surface area contributed by atoms with Crippen molar-refractivity contribution in [3.05, 3.63) is 76.6 Å². The van der Waals surface area contributed by atoms with Crippen molar-refractivity contribution in [2.45, 2.75) is 13.5 Å². The molecule has 6 heteroatoms. The van der Waals surface area contributed by atoms with Crippen molar-refractivity contribution in [3.8, 4) is 0 Å². The number of hydrogen-bond acceptors (Lipinski definition) is 2. The molecule has 3 nitrogen and oxygen atoms in total. The van der Waals surface area contributed by atoms with Crippen LogP contribution in [0.2, 0.25) is 0 Å². The molecule has 0 saturated carbocycles.